The van der Waals surface area contributed by atoms with Crippen LogP contribution in [0.2, 0.25) is 0 Å². The maximum Gasteiger partial charge on any atom is 0.251 e. The Morgan fingerprint density at radius 2 is 1.96 bits per heavy atom. The molecule has 1 rings (SSSR count). The number of nitrogens with zero attached hydrogens (tertiary/aromatic N) is 1. The predicted octanol–water partition coefficient (Wildman–Crippen LogP) is 4.03. The number of hydrogen-bond acceptors (Lipinski definition) is 3. The molecule has 0 fully saturated rings. The molecule has 1 unspecified atom stereocenters. The number of carbonyl (C=O) groups excluding carboxylic acids is 1. The molecule has 3 N–H and O–H groups in total. The second-order valence-corrected chi connectivity index (χ2v) is 8.51. The second-order valence-electron chi connectivity index (χ2n) is 7.00. The van der Waals surface area contributed by atoms with Crippen LogP contribution in [0.4, 0.5) is 0 Å². The number of benzene rings is 1. The molecule has 27 heavy (non-hydrogen) atoms. The molecule has 0 saturated carbocycles. The van der Waals surface area contributed by atoms with Crippen molar-refractivity contribution in [1.82, 2.24) is 16.0 Å². The van der Waals surface area contributed by atoms with Crippen LogP contribution in [-0.2, 0) is 6.54 Å². The normalized spacial score (nSPS) is 12.7. The third-order valence-corrected chi connectivity index (χ3v) is 5.43. The third kappa shape index (κ3) is 10.2. The third-order valence-electron chi connectivity index (χ3n) is 4.18. The predicted molar refractivity (Wildman–Crippen MR) is 129 cm³/mol. The van der Waals surface area contributed by atoms with E-state index in [0.29, 0.717) is 12.1 Å². The number of thioether (sulfide) groups is 1. The molecule has 5 nitrogen and oxygen atoms in total. The van der Waals surface area contributed by atoms with Crippen molar-refractivity contribution in [2.24, 2.45) is 4.99 Å². The van der Waals surface area contributed by atoms with E-state index in [-0.39, 0.29) is 40.7 Å². The number of hydrogen-bond donors (Lipinski definition) is 3. The van der Waals surface area contributed by atoms with E-state index in [0.717, 1.165) is 31.0 Å². The lowest BCUT2D eigenvalue weighted by atomic mass is 10.1. The van der Waals surface area contributed by atoms with E-state index in [2.05, 4.69) is 54.9 Å². The second kappa shape index (κ2) is 13.3. The molecule has 0 heterocycles. The maximum atomic E-state index is 12.3. The number of guanidine groups is 1. The largest absolute Gasteiger partial charge is 0.357 e. The van der Waals surface area contributed by atoms with Gasteiger partial charge in [0, 0.05) is 29.4 Å². The highest BCUT2D eigenvalue weighted by atomic mass is 127. The molecule has 0 saturated heterocycles. The minimum Gasteiger partial charge on any atom is -0.357 e. The van der Waals surface area contributed by atoms with Crippen LogP contribution in [-0.4, -0.2) is 42.0 Å². The molecule has 1 amide bonds. The Morgan fingerprint density at radius 1 is 1.26 bits per heavy atom. The summed E-state index contributed by atoms with van der Waals surface area (Å²) in [6.07, 6.45) is 3.03. The molecule has 0 aliphatic heterocycles. The fourth-order valence-electron chi connectivity index (χ4n) is 2.10. The van der Waals surface area contributed by atoms with Crippen molar-refractivity contribution in [3.05, 3.63) is 35.4 Å². The summed E-state index contributed by atoms with van der Waals surface area (Å²) in [5.41, 5.74) is 1.70. The minimum absolute atomic E-state index is 0. The van der Waals surface area contributed by atoms with E-state index in [9.17, 15) is 4.79 Å². The Balaban J connectivity index is 0.00000676. The van der Waals surface area contributed by atoms with Gasteiger partial charge in [-0.2, -0.15) is 11.8 Å². The fraction of sp³-hybridized carbons (Fsp3) is 0.600. The van der Waals surface area contributed by atoms with E-state index in [1.54, 1.807) is 0 Å². The van der Waals surface area contributed by atoms with Crippen molar-refractivity contribution in [1.29, 1.82) is 0 Å². The molecule has 1 aromatic rings. The van der Waals surface area contributed by atoms with Crippen molar-refractivity contribution in [3.8, 4) is 0 Å². The zero-order chi connectivity index (χ0) is 19.6. The van der Waals surface area contributed by atoms with Gasteiger partial charge in [0.1, 0.15) is 0 Å². The monoisotopic (exact) mass is 506 g/mol. The van der Waals surface area contributed by atoms with Crippen LogP contribution in [0.1, 0.15) is 57.0 Å². The molecule has 0 bridgehead atoms. The van der Waals surface area contributed by atoms with E-state index in [1.165, 1.54) is 0 Å². The van der Waals surface area contributed by atoms with Gasteiger partial charge in [-0.15, -0.1) is 24.0 Å². The molecule has 1 aromatic carbocycles. The van der Waals surface area contributed by atoms with E-state index in [4.69, 9.17) is 0 Å². The molecule has 0 aromatic heterocycles. The SMILES string of the molecule is CCNC(=NCc1cccc(C(=O)NC(C)CC)c1)NCC(C)(C)SC.I. The van der Waals surface area contributed by atoms with Gasteiger partial charge in [-0.1, -0.05) is 19.1 Å². The van der Waals surface area contributed by atoms with Gasteiger partial charge < -0.3 is 16.0 Å². The summed E-state index contributed by atoms with van der Waals surface area (Å²) in [5.74, 6) is 0.765. The van der Waals surface area contributed by atoms with Gasteiger partial charge in [0.15, 0.2) is 5.96 Å². The van der Waals surface area contributed by atoms with Crippen LogP contribution in [0.25, 0.3) is 0 Å². The summed E-state index contributed by atoms with van der Waals surface area (Å²) in [4.78, 5) is 16.9. The Bertz CT molecular complexity index is 607. The van der Waals surface area contributed by atoms with Crippen LogP contribution in [0.5, 0.6) is 0 Å². The summed E-state index contributed by atoms with van der Waals surface area (Å²) < 4.78 is 0.143. The standard InChI is InChI=1S/C20H34N4OS.HI/c1-7-15(3)24-18(25)17-11-9-10-16(12-17)13-22-19(21-8-2)23-14-20(4,5)26-6;/h9-12,15H,7-8,13-14H2,1-6H3,(H,24,25)(H2,21,22,23);1H. The zero-order valence-electron chi connectivity index (χ0n) is 17.4. The van der Waals surface area contributed by atoms with Crippen LogP contribution < -0.4 is 16.0 Å². The molecule has 1 atom stereocenters. The van der Waals surface area contributed by atoms with E-state index >= 15 is 0 Å². The quantitative estimate of drug-likeness (QED) is 0.269. The fourth-order valence-corrected chi connectivity index (χ4v) is 2.32. The number of nitrogens with one attached hydrogen (secondary N) is 3. The van der Waals surface area contributed by atoms with Gasteiger partial charge in [0.2, 0.25) is 0 Å². The maximum absolute atomic E-state index is 12.3. The van der Waals surface area contributed by atoms with Crippen LogP contribution in [0.3, 0.4) is 0 Å². The molecule has 154 valence electrons. The van der Waals surface area contributed by atoms with Gasteiger partial charge in [0.05, 0.1) is 6.54 Å². The van der Waals surface area contributed by atoms with Gasteiger partial charge in [-0.25, -0.2) is 4.99 Å². The minimum atomic E-state index is -0.0306. The van der Waals surface area contributed by atoms with Crippen molar-refractivity contribution in [2.45, 2.75) is 58.4 Å². The number of aliphatic imine (C=N–C) groups is 1. The topological polar surface area (TPSA) is 65.5 Å². The van der Waals surface area contributed by atoms with Crippen molar-refractivity contribution in [3.63, 3.8) is 0 Å². The van der Waals surface area contributed by atoms with Gasteiger partial charge in [-0.3, -0.25) is 4.79 Å². The Morgan fingerprint density at radius 3 is 2.56 bits per heavy atom. The summed E-state index contributed by atoms with van der Waals surface area (Å²) in [5, 5.41) is 9.66. The highest BCUT2D eigenvalue weighted by Crippen LogP contribution is 2.19. The number of amides is 1. The van der Waals surface area contributed by atoms with Crippen LogP contribution in [0.15, 0.2) is 29.3 Å². The molecule has 7 heteroatoms. The number of halogens is 1. The summed E-state index contributed by atoms with van der Waals surface area (Å²) in [6.45, 7) is 12.7. The van der Waals surface area contributed by atoms with Crippen molar-refractivity contribution < 1.29 is 4.79 Å². The van der Waals surface area contributed by atoms with Gasteiger partial charge in [0.25, 0.3) is 5.91 Å². The lowest BCUT2D eigenvalue weighted by molar-refractivity contribution is 0.0939. The van der Waals surface area contributed by atoms with E-state index < -0.39 is 0 Å². The lowest BCUT2D eigenvalue weighted by Crippen LogP contribution is -2.43. The summed E-state index contributed by atoms with van der Waals surface area (Å²) in [7, 11) is 0. The zero-order valence-corrected chi connectivity index (χ0v) is 20.5. The van der Waals surface area contributed by atoms with Gasteiger partial charge >= 0.3 is 0 Å². The Labute approximate surface area is 186 Å². The van der Waals surface area contributed by atoms with Crippen LogP contribution >= 0.6 is 35.7 Å². The van der Waals surface area contributed by atoms with Gasteiger partial charge in [-0.05, 0) is 58.1 Å². The summed E-state index contributed by atoms with van der Waals surface area (Å²) >= 11 is 1.82. The van der Waals surface area contributed by atoms with E-state index in [1.807, 2.05) is 43.0 Å². The van der Waals surface area contributed by atoms with Crippen LogP contribution in [0, 0.1) is 0 Å². The number of rotatable bonds is 9. The molecule has 0 aliphatic rings. The Kier molecular flexibility index (Phi) is 12.8. The molecule has 0 spiro atoms. The smallest absolute Gasteiger partial charge is 0.251 e. The number of carbonyl (C=O) groups is 1. The molecular weight excluding hydrogens is 471 g/mol. The Hall–Kier alpha value is -0.960. The first kappa shape index (κ1) is 26.0. The van der Waals surface area contributed by atoms with Crippen molar-refractivity contribution >= 4 is 47.6 Å². The first-order valence-electron chi connectivity index (χ1n) is 9.28. The molecular formula is C20H35IN4OS. The van der Waals surface area contributed by atoms with Crippen molar-refractivity contribution in [2.75, 3.05) is 19.3 Å². The lowest BCUT2D eigenvalue weighted by Gasteiger charge is -2.23. The molecule has 0 aliphatic carbocycles. The highest BCUT2D eigenvalue weighted by molar-refractivity contribution is 14.0. The first-order valence-corrected chi connectivity index (χ1v) is 10.5. The molecule has 0 radical (unpaired) electrons. The average Bonchev–Trinajstić information content (AvgIpc) is 2.64. The summed E-state index contributed by atoms with van der Waals surface area (Å²) in [6, 6.07) is 7.84. The highest BCUT2D eigenvalue weighted by Gasteiger charge is 2.16. The first-order chi connectivity index (χ1) is 12.3. The average molecular weight is 506 g/mol.